The minimum absolute atomic E-state index is 0.0148. The first-order valence-corrected chi connectivity index (χ1v) is 9.22. The number of hydrogen-bond acceptors (Lipinski definition) is 8. The van der Waals surface area contributed by atoms with Crippen LogP contribution in [-0.4, -0.2) is 83.1 Å². The van der Waals surface area contributed by atoms with Crippen molar-refractivity contribution in [1.29, 1.82) is 0 Å². The van der Waals surface area contributed by atoms with Crippen molar-refractivity contribution >= 4 is 35.6 Å². The Labute approximate surface area is 178 Å². The normalized spacial score (nSPS) is 14.3. The second kappa shape index (κ2) is 13.7. The number of aliphatic hydroxyl groups excluding tert-OH is 1. The van der Waals surface area contributed by atoms with E-state index in [0.717, 1.165) is 0 Å². The first-order valence-electron chi connectivity index (χ1n) is 9.22. The maximum atomic E-state index is 12.7. The standard InChI is InChI=1S/C16H30N8O7/c1-7(25)12(18)15(31)23-8(3-2-4-21-16(19)20)14(30)24-9(5-10(17)26)13(29)22-6-11(27)28/h7-9,12,25H,2-6,18H2,1H3,(H2,17,26)(H,22,29)(H,23,31)(H,24,30)(H,27,28)(H4,19,20,21)/t7-,8+,9+,12+/m1/s1. The van der Waals surface area contributed by atoms with Crippen molar-refractivity contribution in [3.63, 3.8) is 0 Å². The molecule has 176 valence electrons. The van der Waals surface area contributed by atoms with Crippen LogP contribution in [-0.2, 0) is 24.0 Å². The van der Waals surface area contributed by atoms with Gasteiger partial charge >= 0.3 is 5.97 Å². The SMILES string of the molecule is C[C@@H](O)[C@H](N)C(=O)N[C@@H](CCCN=C(N)N)C(=O)N[C@@H](CC(N)=O)C(=O)NCC(=O)O. The van der Waals surface area contributed by atoms with E-state index in [2.05, 4.69) is 15.6 Å². The van der Waals surface area contributed by atoms with Gasteiger partial charge in [0.25, 0.3) is 0 Å². The summed E-state index contributed by atoms with van der Waals surface area (Å²) in [4.78, 5) is 62.5. The van der Waals surface area contributed by atoms with E-state index in [1.54, 1.807) is 0 Å². The van der Waals surface area contributed by atoms with Gasteiger partial charge in [0, 0.05) is 6.54 Å². The average Bonchev–Trinajstić information content (AvgIpc) is 2.66. The van der Waals surface area contributed by atoms with Crippen molar-refractivity contribution in [2.45, 2.75) is 50.4 Å². The number of guanidine groups is 1. The molecule has 0 saturated carbocycles. The highest BCUT2D eigenvalue weighted by atomic mass is 16.4. The second-order valence-corrected chi connectivity index (χ2v) is 6.62. The minimum Gasteiger partial charge on any atom is -0.480 e. The van der Waals surface area contributed by atoms with Crippen LogP contribution in [0.5, 0.6) is 0 Å². The fourth-order valence-electron chi connectivity index (χ4n) is 2.23. The molecule has 4 amide bonds. The zero-order valence-corrected chi connectivity index (χ0v) is 17.0. The van der Waals surface area contributed by atoms with Crippen LogP contribution in [0.2, 0.25) is 0 Å². The van der Waals surface area contributed by atoms with E-state index in [1.165, 1.54) is 6.92 Å². The fourth-order valence-corrected chi connectivity index (χ4v) is 2.23. The number of nitrogens with one attached hydrogen (secondary N) is 3. The Balaban J connectivity index is 5.37. The van der Waals surface area contributed by atoms with Crippen molar-refractivity contribution in [1.82, 2.24) is 16.0 Å². The topological polar surface area (TPSA) is 278 Å². The number of aliphatic carboxylic acids is 1. The number of amides is 4. The Morgan fingerprint density at radius 1 is 0.968 bits per heavy atom. The number of primary amides is 1. The van der Waals surface area contributed by atoms with Crippen molar-refractivity contribution in [2.75, 3.05) is 13.1 Å². The van der Waals surface area contributed by atoms with Crippen LogP contribution in [0.25, 0.3) is 0 Å². The van der Waals surface area contributed by atoms with Crippen LogP contribution in [0.15, 0.2) is 4.99 Å². The Morgan fingerprint density at radius 3 is 2.03 bits per heavy atom. The molecule has 15 nitrogen and oxygen atoms in total. The Morgan fingerprint density at radius 2 is 1.55 bits per heavy atom. The molecule has 0 heterocycles. The highest BCUT2D eigenvalue weighted by molar-refractivity contribution is 5.95. The quantitative estimate of drug-likeness (QED) is 0.0694. The van der Waals surface area contributed by atoms with Gasteiger partial charge in [-0.3, -0.25) is 29.0 Å². The third-order valence-corrected chi connectivity index (χ3v) is 3.85. The number of carbonyl (C=O) groups excluding carboxylic acids is 4. The number of rotatable bonds is 14. The highest BCUT2D eigenvalue weighted by Crippen LogP contribution is 2.03. The van der Waals surface area contributed by atoms with E-state index >= 15 is 0 Å². The van der Waals surface area contributed by atoms with E-state index in [0.29, 0.717) is 0 Å². The smallest absolute Gasteiger partial charge is 0.322 e. The predicted molar refractivity (Wildman–Crippen MR) is 108 cm³/mol. The van der Waals surface area contributed by atoms with E-state index < -0.39 is 66.8 Å². The third-order valence-electron chi connectivity index (χ3n) is 3.85. The molecule has 4 atom stereocenters. The molecule has 0 saturated heterocycles. The van der Waals surface area contributed by atoms with Gasteiger partial charge in [-0.15, -0.1) is 0 Å². The number of carboxylic acid groups (broad SMARTS) is 1. The average molecular weight is 446 g/mol. The summed E-state index contributed by atoms with van der Waals surface area (Å²) in [6.45, 7) is 0.674. The monoisotopic (exact) mass is 446 g/mol. The first kappa shape index (κ1) is 27.5. The predicted octanol–water partition coefficient (Wildman–Crippen LogP) is -5.21. The molecular formula is C16H30N8O7. The van der Waals surface area contributed by atoms with Gasteiger partial charge in [-0.2, -0.15) is 0 Å². The lowest BCUT2D eigenvalue weighted by Crippen LogP contribution is -2.57. The zero-order chi connectivity index (χ0) is 24.1. The molecule has 13 N–H and O–H groups in total. The van der Waals surface area contributed by atoms with E-state index in [9.17, 15) is 29.1 Å². The zero-order valence-electron chi connectivity index (χ0n) is 17.0. The Bertz CT molecular complexity index is 693. The molecule has 0 bridgehead atoms. The summed E-state index contributed by atoms with van der Waals surface area (Å²) in [5, 5.41) is 24.7. The van der Waals surface area contributed by atoms with Gasteiger partial charge in [0.05, 0.1) is 12.5 Å². The number of nitrogens with two attached hydrogens (primary N) is 4. The lowest BCUT2D eigenvalue weighted by atomic mass is 10.1. The third kappa shape index (κ3) is 12.0. The van der Waals surface area contributed by atoms with Crippen LogP contribution in [0.1, 0.15) is 26.2 Å². The summed E-state index contributed by atoms with van der Waals surface area (Å²) in [6, 6.07) is -4.03. The summed E-state index contributed by atoms with van der Waals surface area (Å²) in [6.07, 6.45) is -1.55. The Kier molecular flexibility index (Phi) is 12.2. The lowest BCUT2D eigenvalue weighted by molar-refractivity contribution is -0.139. The van der Waals surface area contributed by atoms with Gasteiger partial charge in [0.2, 0.25) is 23.6 Å². The molecule has 0 aromatic rings. The molecule has 0 aromatic carbocycles. The number of carboxylic acids is 1. The molecule has 31 heavy (non-hydrogen) atoms. The Hall–Kier alpha value is -3.46. The molecule has 0 aliphatic carbocycles. The molecule has 0 radical (unpaired) electrons. The number of nitrogens with zero attached hydrogens (tertiary/aromatic N) is 1. The largest absolute Gasteiger partial charge is 0.480 e. The molecule has 0 fully saturated rings. The van der Waals surface area contributed by atoms with Gasteiger partial charge in [-0.1, -0.05) is 0 Å². The van der Waals surface area contributed by atoms with Crippen LogP contribution in [0.3, 0.4) is 0 Å². The first-order chi connectivity index (χ1) is 14.3. The van der Waals surface area contributed by atoms with Crippen molar-refractivity contribution in [3.8, 4) is 0 Å². The van der Waals surface area contributed by atoms with E-state index in [1.807, 2.05) is 5.32 Å². The van der Waals surface area contributed by atoms with Crippen LogP contribution in [0, 0.1) is 0 Å². The van der Waals surface area contributed by atoms with Crippen molar-refractivity contribution < 1.29 is 34.2 Å². The molecule has 0 aromatic heterocycles. The van der Waals surface area contributed by atoms with Gasteiger partial charge in [-0.25, -0.2) is 0 Å². The summed E-state index contributed by atoms with van der Waals surface area (Å²) >= 11 is 0. The lowest BCUT2D eigenvalue weighted by Gasteiger charge is -2.24. The van der Waals surface area contributed by atoms with Crippen LogP contribution < -0.4 is 38.9 Å². The number of aliphatic imine (C=N–C) groups is 1. The van der Waals surface area contributed by atoms with E-state index in [-0.39, 0.29) is 25.3 Å². The summed E-state index contributed by atoms with van der Waals surface area (Å²) in [5.41, 5.74) is 21.1. The molecule has 0 spiro atoms. The number of hydrogen-bond donors (Lipinski definition) is 9. The number of aliphatic hydroxyl groups is 1. The van der Waals surface area contributed by atoms with Crippen LogP contribution in [0.4, 0.5) is 0 Å². The molecule has 0 aliphatic heterocycles. The van der Waals surface area contributed by atoms with Gasteiger partial charge in [-0.05, 0) is 19.8 Å². The number of carbonyl (C=O) groups is 5. The molecular weight excluding hydrogens is 416 g/mol. The maximum Gasteiger partial charge on any atom is 0.322 e. The molecule has 0 unspecified atom stereocenters. The molecule has 0 rings (SSSR count). The summed E-state index contributed by atoms with van der Waals surface area (Å²) < 4.78 is 0. The van der Waals surface area contributed by atoms with Crippen molar-refractivity contribution in [2.24, 2.45) is 27.9 Å². The fraction of sp³-hybridized carbons (Fsp3) is 0.625. The molecule has 15 heteroatoms. The summed E-state index contributed by atoms with van der Waals surface area (Å²) in [5.74, 6) is -5.10. The highest BCUT2D eigenvalue weighted by Gasteiger charge is 2.29. The van der Waals surface area contributed by atoms with Gasteiger partial charge in [0.1, 0.15) is 24.7 Å². The molecule has 0 aliphatic rings. The second-order valence-electron chi connectivity index (χ2n) is 6.62. The summed E-state index contributed by atoms with van der Waals surface area (Å²) in [7, 11) is 0. The van der Waals surface area contributed by atoms with Crippen molar-refractivity contribution in [3.05, 3.63) is 0 Å². The van der Waals surface area contributed by atoms with Crippen LogP contribution >= 0.6 is 0 Å². The maximum absolute atomic E-state index is 12.7. The minimum atomic E-state index is -1.48. The van der Waals surface area contributed by atoms with E-state index in [4.69, 9.17) is 28.0 Å². The van der Waals surface area contributed by atoms with Gasteiger partial charge < -0.3 is 49.1 Å². The van der Waals surface area contributed by atoms with Gasteiger partial charge in [0.15, 0.2) is 5.96 Å².